The quantitative estimate of drug-likeness (QED) is 0.748. The highest BCUT2D eigenvalue weighted by atomic mass is 15.4. The van der Waals surface area contributed by atoms with Gasteiger partial charge in [0, 0.05) is 18.1 Å². The Morgan fingerprint density at radius 3 is 2.47 bits per heavy atom. The van der Waals surface area contributed by atoms with E-state index in [0.717, 1.165) is 6.04 Å². The summed E-state index contributed by atoms with van der Waals surface area (Å²) in [5.41, 5.74) is 0.516. The molecule has 3 aliphatic rings. The van der Waals surface area contributed by atoms with Crippen LogP contribution in [0.4, 0.5) is 0 Å². The van der Waals surface area contributed by atoms with Crippen LogP contribution in [-0.4, -0.2) is 54.7 Å². The summed E-state index contributed by atoms with van der Waals surface area (Å²) in [5.74, 6) is 0. The molecule has 98 valence electrons. The predicted molar refractivity (Wildman–Crippen MR) is 71.0 cm³/mol. The lowest BCUT2D eigenvalue weighted by molar-refractivity contribution is 0.0457. The molecule has 3 heteroatoms. The lowest BCUT2D eigenvalue weighted by atomic mass is 9.84. The van der Waals surface area contributed by atoms with Crippen LogP contribution in [0.3, 0.4) is 0 Å². The molecule has 3 rings (SSSR count). The van der Waals surface area contributed by atoms with E-state index in [2.05, 4.69) is 22.2 Å². The second-order valence-electron chi connectivity index (χ2n) is 6.39. The smallest absolute Gasteiger partial charge is 0.0512 e. The highest BCUT2D eigenvalue weighted by Crippen LogP contribution is 2.37. The van der Waals surface area contributed by atoms with Gasteiger partial charge in [0.25, 0.3) is 0 Å². The van der Waals surface area contributed by atoms with Gasteiger partial charge in [-0.2, -0.15) is 0 Å². The molecule has 3 nitrogen and oxygen atoms in total. The van der Waals surface area contributed by atoms with Crippen LogP contribution in [-0.2, 0) is 0 Å². The van der Waals surface area contributed by atoms with E-state index in [4.69, 9.17) is 0 Å². The van der Waals surface area contributed by atoms with Gasteiger partial charge < -0.3 is 5.32 Å². The summed E-state index contributed by atoms with van der Waals surface area (Å²) in [6.45, 7) is 4.95. The van der Waals surface area contributed by atoms with Crippen molar-refractivity contribution >= 4 is 0 Å². The molecule has 1 saturated carbocycles. The fraction of sp³-hybridized carbons (Fsp3) is 1.00. The lowest BCUT2D eigenvalue weighted by Gasteiger charge is -2.46. The Hall–Kier alpha value is -0.120. The minimum atomic E-state index is 0.516. The second-order valence-corrected chi connectivity index (χ2v) is 6.39. The third-order valence-corrected chi connectivity index (χ3v) is 5.12. The highest BCUT2D eigenvalue weighted by Gasteiger charge is 2.46. The first kappa shape index (κ1) is 11.9. The fourth-order valence-electron chi connectivity index (χ4n) is 4.29. The van der Waals surface area contributed by atoms with Gasteiger partial charge in [0.05, 0.1) is 6.67 Å². The molecule has 0 aromatic heterocycles. The van der Waals surface area contributed by atoms with E-state index >= 15 is 0 Å². The molecule has 0 bridgehead atoms. The van der Waals surface area contributed by atoms with Crippen LogP contribution in [0.25, 0.3) is 0 Å². The van der Waals surface area contributed by atoms with Gasteiger partial charge >= 0.3 is 0 Å². The van der Waals surface area contributed by atoms with E-state index in [1.165, 1.54) is 71.2 Å². The zero-order valence-electron chi connectivity index (χ0n) is 11.2. The van der Waals surface area contributed by atoms with Crippen molar-refractivity contribution in [1.29, 1.82) is 0 Å². The highest BCUT2D eigenvalue weighted by molar-refractivity contribution is 5.03. The molecule has 1 aliphatic carbocycles. The van der Waals surface area contributed by atoms with Crippen molar-refractivity contribution in [3.63, 3.8) is 0 Å². The normalized spacial score (nSPS) is 32.3. The van der Waals surface area contributed by atoms with E-state index in [0.29, 0.717) is 5.54 Å². The summed E-state index contributed by atoms with van der Waals surface area (Å²) in [7, 11) is 2.30. The minimum Gasteiger partial charge on any atom is -0.317 e. The molecule has 17 heavy (non-hydrogen) atoms. The van der Waals surface area contributed by atoms with Gasteiger partial charge in [0.15, 0.2) is 0 Å². The summed E-state index contributed by atoms with van der Waals surface area (Å²) in [5, 5.41) is 3.53. The summed E-state index contributed by atoms with van der Waals surface area (Å²) in [6, 6.07) is 0.881. The average Bonchev–Trinajstić information content (AvgIpc) is 2.68. The lowest BCUT2D eigenvalue weighted by Crippen LogP contribution is -2.56. The molecular weight excluding hydrogens is 210 g/mol. The maximum Gasteiger partial charge on any atom is 0.0512 e. The molecular formula is C14H27N3. The molecule has 0 aromatic rings. The molecule has 3 fully saturated rings. The molecule has 0 unspecified atom stereocenters. The third kappa shape index (κ3) is 2.25. The van der Waals surface area contributed by atoms with Crippen LogP contribution in [0.2, 0.25) is 0 Å². The van der Waals surface area contributed by atoms with Crippen LogP contribution in [0, 0.1) is 0 Å². The monoisotopic (exact) mass is 237 g/mol. The Morgan fingerprint density at radius 1 is 1.06 bits per heavy atom. The maximum atomic E-state index is 3.53. The molecule has 2 saturated heterocycles. The topological polar surface area (TPSA) is 18.5 Å². The molecule has 0 amide bonds. The summed E-state index contributed by atoms with van der Waals surface area (Å²) in [6.07, 6.45) is 9.99. The Bertz CT molecular complexity index is 254. The number of nitrogens with zero attached hydrogens (tertiary/aromatic N) is 2. The first-order valence-corrected chi connectivity index (χ1v) is 7.46. The van der Waals surface area contributed by atoms with E-state index in [1.54, 1.807) is 0 Å². The maximum absolute atomic E-state index is 3.53. The minimum absolute atomic E-state index is 0.516. The van der Waals surface area contributed by atoms with Gasteiger partial charge in [-0.15, -0.1) is 0 Å². The Labute approximate surface area is 106 Å². The van der Waals surface area contributed by atoms with Crippen LogP contribution < -0.4 is 5.32 Å². The van der Waals surface area contributed by atoms with Gasteiger partial charge in [-0.1, -0.05) is 19.3 Å². The van der Waals surface area contributed by atoms with Crippen molar-refractivity contribution in [2.45, 2.75) is 56.5 Å². The molecule has 0 radical (unpaired) electrons. The summed E-state index contributed by atoms with van der Waals surface area (Å²) < 4.78 is 0. The van der Waals surface area contributed by atoms with Crippen LogP contribution in [0.1, 0.15) is 44.9 Å². The molecule has 0 aromatic carbocycles. The van der Waals surface area contributed by atoms with Crippen LogP contribution in [0.5, 0.6) is 0 Å². The number of likely N-dealkylation sites (N-methyl/N-ethyl adjacent to an activating group) is 1. The number of hydrogen-bond acceptors (Lipinski definition) is 3. The standard InChI is InChI=1S/C14H27N3/c1-16-11-14(7-9-15-10-8-14)17(12-16)13-5-3-2-4-6-13/h13,15H,2-12H2,1H3. The van der Waals surface area contributed by atoms with Gasteiger partial charge in [0.1, 0.15) is 0 Å². The molecule has 2 aliphatic heterocycles. The first-order valence-electron chi connectivity index (χ1n) is 7.46. The van der Waals surface area contributed by atoms with Crippen LogP contribution >= 0.6 is 0 Å². The fourth-order valence-corrected chi connectivity index (χ4v) is 4.29. The molecule has 0 atom stereocenters. The Kier molecular flexibility index (Phi) is 3.42. The van der Waals surface area contributed by atoms with E-state index in [1.807, 2.05) is 0 Å². The first-order chi connectivity index (χ1) is 8.30. The zero-order chi connectivity index (χ0) is 11.7. The van der Waals surface area contributed by atoms with Gasteiger partial charge in [-0.25, -0.2) is 0 Å². The van der Waals surface area contributed by atoms with Crippen molar-refractivity contribution in [1.82, 2.24) is 15.1 Å². The Balaban J connectivity index is 1.75. The zero-order valence-corrected chi connectivity index (χ0v) is 11.2. The molecule has 1 N–H and O–H groups in total. The van der Waals surface area contributed by atoms with Crippen LogP contribution in [0.15, 0.2) is 0 Å². The van der Waals surface area contributed by atoms with Crippen molar-refractivity contribution in [2.24, 2.45) is 0 Å². The van der Waals surface area contributed by atoms with Gasteiger partial charge in [0.2, 0.25) is 0 Å². The number of rotatable bonds is 1. The van der Waals surface area contributed by atoms with Gasteiger partial charge in [-0.05, 0) is 45.8 Å². The number of hydrogen-bond donors (Lipinski definition) is 1. The predicted octanol–water partition coefficient (Wildman–Crippen LogP) is 1.65. The summed E-state index contributed by atoms with van der Waals surface area (Å²) >= 11 is 0. The third-order valence-electron chi connectivity index (χ3n) is 5.12. The van der Waals surface area contributed by atoms with Crippen molar-refractivity contribution < 1.29 is 0 Å². The molecule has 2 heterocycles. The van der Waals surface area contributed by atoms with E-state index in [-0.39, 0.29) is 0 Å². The van der Waals surface area contributed by atoms with E-state index < -0.39 is 0 Å². The van der Waals surface area contributed by atoms with Crippen molar-refractivity contribution in [3.8, 4) is 0 Å². The molecule has 1 spiro atoms. The average molecular weight is 237 g/mol. The Morgan fingerprint density at radius 2 is 1.76 bits per heavy atom. The van der Waals surface area contributed by atoms with E-state index in [9.17, 15) is 0 Å². The van der Waals surface area contributed by atoms with Gasteiger partial charge in [-0.3, -0.25) is 9.80 Å². The second kappa shape index (κ2) is 4.87. The number of piperidine rings is 1. The summed E-state index contributed by atoms with van der Waals surface area (Å²) in [4.78, 5) is 5.42. The van der Waals surface area contributed by atoms with Crippen molar-refractivity contribution in [3.05, 3.63) is 0 Å². The van der Waals surface area contributed by atoms with Crippen molar-refractivity contribution in [2.75, 3.05) is 33.4 Å². The SMILES string of the molecule is CN1CN(C2CCCCC2)C2(CCNCC2)C1. The largest absolute Gasteiger partial charge is 0.317 e. The number of nitrogens with one attached hydrogen (secondary N) is 1.